The largest absolute Gasteiger partial charge is 0.143 e. The third kappa shape index (κ3) is 3.06. The van der Waals surface area contributed by atoms with Crippen molar-refractivity contribution < 1.29 is 0 Å². The molecule has 4 rings (SSSR count). The highest BCUT2D eigenvalue weighted by Gasteiger charge is 2.21. The minimum Gasteiger partial charge on any atom is -0.143 e. The molecule has 1 heterocycles. The Hall–Kier alpha value is -2.21. The summed E-state index contributed by atoms with van der Waals surface area (Å²) >= 11 is 1.87. The van der Waals surface area contributed by atoms with Gasteiger partial charge in [0.25, 0.3) is 0 Å². The number of hydrogen-bond donors (Lipinski definition) is 0. The lowest BCUT2D eigenvalue weighted by molar-refractivity contribution is 1.68. The molecule has 0 amide bonds. The Bertz CT molecular complexity index is 859. The van der Waals surface area contributed by atoms with Crippen molar-refractivity contribution in [2.75, 3.05) is 0 Å². The van der Waals surface area contributed by atoms with Gasteiger partial charge in [0.1, 0.15) is 0 Å². The second-order valence-electron chi connectivity index (χ2n) is 5.51. The highest BCUT2D eigenvalue weighted by atomic mass is 32.1. The number of hydrogen-bond acceptors (Lipinski definition) is 1. The van der Waals surface area contributed by atoms with Gasteiger partial charge < -0.3 is 0 Å². The molecule has 0 aliphatic rings. The van der Waals surface area contributed by atoms with Gasteiger partial charge in [-0.2, -0.15) is 0 Å². The fraction of sp³-hybridized carbons (Fsp3) is 0. The van der Waals surface area contributed by atoms with Crippen LogP contribution in [0.15, 0.2) is 102 Å². The minimum absolute atomic E-state index is 0.535. The van der Waals surface area contributed by atoms with E-state index in [1.54, 1.807) is 0 Å². The molecule has 1 aromatic heterocycles. The summed E-state index contributed by atoms with van der Waals surface area (Å²) in [7, 11) is -0.535. The summed E-state index contributed by atoms with van der Waals surface area (Å²) < 4.78 is 1.47. The van der Waals surface area contributed by atoms with Crippen molar-refractivity contribution in [1.29, 1.82) is 0 Å². The molecule has 0 fully saturated rings. The van der Waals surface area contributed by atoms with E-state index in [2.05, 4.69) is 102 Å². The van der Waals surface area contributed by atoms with Gasteiger partial charge in [-0.15, -0.1) is 11.3 Å². The zero-order valence-corrected chi connectivity index (χ0v) is 14.9. The van der Waals surface area contributed by atoms with Crippen molar-refractivity contribution in [3.05, 3.63) is 102 Å². The predicted octanol–water partition coefficient (Wildman–Crippen LogP) is 5.17. The van der Waals surface area contributed by atoms with Crippen molar-refractivity contribution in [1.82, 2.24) is 0 Å². The van der Waals surface area contributed by atoms with E-state index in [1.165, 1.54) is 26.4 Å². The fourth-order valence-corrected chi connectivity index (χ4v) is 6.88. The first-order chi connectivity index (χ1) is 11.9. The summed E-state index contributed by atoms with van der Waals surface area (Å²) in [6, 6.07) is 34.8. The molecule has 0 aliphatic heterocycles. The van der Waals surface area contributed by atoms with Crippen molar-refractivity contribution in [3.63, 3.8) is 0 Å². The standard InChI is InChI=1S/C22H17PS/c1-4-10-18(11-5-1)21-16-17-24-22(21)23(19-12-6-2-7-13-19)20-14-8-3-9-15-20/h1-17H. The molecule has 0 saturated heterocycles. The van der Waals surface area contributed by atoms with Gasteiger partial charge in [-0.25, -0.2) is 0 Å². The lowest BCUT2D eigenvalue weighted by Gasteiger charge is -2.19. The highest BCUT2D eigenvalue weighted by molar-refractivity contribution is 7.84. The van der Waals surface area contributed by atoms with Crippen molar-refractivity contribution in [2.24, 2.45) is 0 Å². The van der Waals surface area contributed by atoms with E-state index < -0.39 is 7.92 Å². The van der Waals surface area contributed by atoms with E-state index in [4.69, 9.17) is 0 Å². The Kier molecular flexibility index (Phi) is 4.55. The second-order valence-corrected chi connectivity index (χ2v) is 8.88. The van der Waals surface area contributed by atoms with Gasteiger partial charge in [0.05, 0.1) is 0 Å². The molecule has 116 valence electrons. The molecular formula is C22H17PS. The molecule has 0 spiro atoms. The Morgan fingerprint density at radius 1 is 0.542 bits per heavy atom. The lowest BCUT2D eigenvalue weighted by atomic mass is 10.1. The summed E-state index contributed by atoms with van der Waals surface area (Å²) in [5.74, 6) is 0. The van der Waals surface area contributed by atoms with Gasteiger partial charge in [0.2, 0.25) is 0 Å². The Balaban J connectivity index is 1.89. The first-order valence-electron chi connectivity index (χ1n) is 7.96. The van der Waals surface area contributed by atoms with E-state index in [0.717, 1.165) is 0 Å². The van der Waals surface area contributed by atoms with Crippen LogP contribution in [0.2, 0.25) is 0 Å². The van der Waals surface area contributed by atoms with Crippen LogP contribution in [0.5, 0.6) is 0 Å². The summed E-state index contributed by atoms with van der Waals surface area (Å²) in [6.07, 6.45) is 0. The average molecular weight is 344 g/mol. The quantitative estimate of drug-likeness (QED) is 0.448. The first-order valence-corrected chi connectivity index (χ1v) is 10.2. The van der Waals surface area contributed by atoms with Gasteiger partial charge in [-0.05, 0) is 35.5 Å². The Morgan fingerprint density at radius 3 is 1.58 bits per heavy atom. The van der Waals surface area contributed by atoms with Crippen LogP contribution in [0, 0.1) is 0 Å². The maximum absolute atomic E-state index is 2.26. The zero-order chi connectivity index (χ0) is 16.2. The van der Waals surface area contributed by atoms with Crippen molar-refractivity contribution in [2.45, 2.75) is 0 Å². The Labute approximate surface area is 148 Å². The van der Waals surface area contributed by atoms with Gasteiger partial charge in [0, 0.05) is 10.2 Å². The normalized spacial score (nSPS) is 10.9. The van der Waals surface area contributed by atoms with E-state index >= 15 is 0 Å². The molecule has 0 saturated carbocycles. The predicted molar refractivity (Wildman–Crippen MR) is 108 cm³/mol. The fourth-order valence-electron chi connectivity index (χ4n) is 2.85. The molecule has 0 radical (unpaired) electrons. The molecule has 0 aliphatic carbocycles. The summed E-state index contributed by atoms with van der Waals surface area (Å²) in [5, 5.41) is 5.02. The molecule has 24 heavy (non-hydrogen) atoms. The van der Waals surface area contributed by atoms with Crippen LogP contribution in [-0.2, 0) is 0 Å². The molecule has 0 N–H and O–H groups in total. The zero-order valence-electron chi connectivity index (χ0n) is 13.2. The van der Waals surface area contributed by atoms with Crippen LogP contribution in [-0.4, -0.2) is 0 Å². The van der Waals surface area contributed by atoms with E-state index in [1.807, 2.05) is 11.3 Å². The van der Waals surface area contributed by atoms with Crippen LogP contribution >= 0.6 is 19.3 Å². The molecule has 4 aromatic rings. The second kappa shape index (κ2) is 7.13. The van der Waals surface area contributed by atoms with Gasteiger partial charge in [-0.3, -0.25) is 0 Å². The van der Waals surface area contributed by atoms with Gasteiger partial charge >= 0.3 is 0 Å². The SMILES string of the molecule is c1ccc(-c2ccsc2P(c2ccccc2)c2ccccc2)cc1. The smallest absolute Gasteiger partial charge is 0.0446 e. The molecule has 0 nitrogen and oxygen atoms in total. The topological polar surface area (TPSA) is 0 Å². The maximum Gasteiger partial charge on any atom is 0.0446 e. The summed E-state index contributed by atoms with van der Waals surface area (Å²) in [4.78, 5) is 0. The molecule has 2 heteroatoms. The molecule has 0 unspecified atom stereocenters. The van der Waals surface area contributed by atoms with Crippen LogP contribution in [0.3, 0.4) is 0 Å². The van der Waals surface area contributed by atoms with Crippen molar-refractivity contribution >= 4 is 34.5 Å². The molecule has 3 aromatic carbocycles. The average Bonchev–Trinajstić information content (AvgIpc) is 3.14. The number of rotatable bonds is 4. The minimum atomic E-state index is -0.535. The van der Waals surface area contributed by atoms with Crippen molar-refractivity contribution in [3.8, 4) is 11.1 Å². The molecule has 0 atom stereocenters. The van der Waals surface area contributed by atoms with E-state index in [9.17, 15) is 0 Å². The lowest BCUT2D eigenvalue weighted by Crippen LogP contribution is -2.19. The monoisotopic (exact) mass is 344 g/mol. The van der Waals surface area contributed by atoms with Gasteiger partial charge in [0.15, 0.2) is 0 Å². The van der Waals surface area contributed by atoms with Crippen LogP contribution in [0.1, 0.15) is 0 Å². The number of thiophene rings is 1. The summed E-state index contributed by atoms with van der Waals surface area (Å²) in [6.45, 7) is 0. The highest BCUT2D eigenvalue weighted by Crippen LogP contribution is 2.39. The van der Waals surface area contributed by atoms with E-state index in [0.29, 0.717) is 0 Å². The maximum atomic E-state index is 2.26. The number of benzene rings is 3. The van der Waals surface area contributed by atoms with Crippen LogP contribution in [0.4, 0.5) is 0 Å². The van der Waals surface area contributed by atoms with Crippen LogP contribution < -0.4 is 15.2 Å². The Morgan fingerprint density at radius 2 is 1.04 bits per heavy atom. The third-order valence-corrected chi connectivity index (χ3v) is 7.82. The summed E-state index contributed by atoms with van der Waals surface area (Å²) in [5.41, 5.74) is 2.66. The molecular weight excluding hydrogens is 327 g/mol. The van der Waals surface area contributed by atoms with Crippen LogP contribution in [0.25, 0.3) is 11.1 Å². The first kappa shape index (κ1) is 15.3. The van der Waals surface area contributed by atoms with E-state index in [-0.39, 0.29) is 0 Å². The van der Waals surface area contributed by atoms with Gasteiger partial charge in [-0.1, -0.05) is 91.0 Å². The molecule has 0 bridgehead atoms. The third-order valence-electron chi connectivity index (χ3n) is 3.96.